The highest BCUT2D eigenvalue weighted by atomic mass is 15.2. The van der Waals surface area contributed by atoms with Crippen LogP contribution in [0.15, 0.2) is 67.0 Å². The van der Waals surface area contributed by atoms with E-state index in [-0.39, 0.29) is 0 Å². The Kier molecular flexibility index (Phi) is 3.47. The molecule has 2 bridgehead atoms. The van der Waals surface area contributed by atoms with Crippen LogP contribution < -0.4 is 0 Å². The van der Waals surface area contributed by atoms with Crippen molar-refractivity contribution in [3.8, 4) is 16.8 Å². The minimum Gasteiger partial charge on any atom is -0.312 e. The van der Waals surface area contributed by atoms with E-state index < -0.39 is 0 Å². The molecule has 138 valence electrons. The summed E-state index contributed by atoms with van der Waals surface area (Å²) < 4.78 is 2.56. The van der Waals surface area contributed by atoms with Gasteiger partial charge >= 0.3 is 0 Å². The summed E-state index contributed by atoms with van der Waals surface area (Å²) in [7, 11) is 0. The molecule has 1 saturated heterocycles. The van der Waals surface area contributed by atoms with Crippen LogP contribution >= 0.6 is 0 Å². The third-order valence-electron chi connectivity index (χ3n) is 6.45. The van der Waals surface area contributed by atoms with Gasteiger partial charge in [-0.15, -0.1) is 0 Å². The Morgan fingerprint density at radius 2 is 1.86 bits per heavy atom. The molecule has 0 radical (unpaired) electrons. The van der Waals surface area contributed by atoms with Crippen LogP contribution in [0, 0.1) is 6.92 Å². The molecule has 2 aliphatic rings. The Bertz CT molecular complexity index is 1190. The lowest BCUT2D eigenvalue weighted by Gasteiger charge is -2.25. The second-order valence-electron chi connectivity index (χ2n) is 8.19. The normalized spacial score (nSPS) is 20.5. The van der Waals surface area contributed by atoms with Gasteiger partial charge in [0, 0.05) is 48.0 Å². The van der Waals surface area contributed by atoms with Crippen LogP contribution in [0.3, 0.4) is 0 Å². The number of aromatic nitrogens is 2. The van der Waals surface area contributed by atoms with Gasteiger partial charge in [0.25, 0.3) is 0 Å². The van der Waals surface area contributed by atoms with Gasteiger partial charge in [0.2, 0.25) is 0 Å². The summed E-state index contributed by atoms with van der Waals surface area (Å²) in [6.45, 7) is 5.69. The van der Waals surface area contributed by atoms with Crippen molar-refractivity contribution in [3.05, 3.63) is 83.8 Å². The van der Waals surface area contributed by atoms with Crippen LogP contribution in [0.1, 0.15) is 29.2 Å². The monoisotopic (exact) mass is 365 g/mol. The van der Waals surface area contributed by atoms with Crippen molar-refractivity contribution in [2.75, 3.05) is 13.1 Å². The quantitative estimate of drug-likeness (QED) is 0.480. The third kappa shape index (κ3) is 2.29. The zero-order chi connectivity index (χ0) is 18.7. The fraction of sp³-hybridized carbons (Fsp3) is 0.240. The van der Waals surface area contributed by atoms with Crippen molar-refractivity contribution < 1.29 is 0 Å². The Balaban J connectivity index is 1.69. The fourth-order valence-electron chi connectivity index (χ4n) is 5.21. The molecule has 2 unspecified atom stereocenters. The van der Waals surface area contributed by atoms with Gasteiger partial charge in [-0.05, 0) is 61.3 Å². The predicted octanol–water partition coefficient (Wildman–Crippen LogP) is 5.30. The summed E-state index contributed by atoms with van der Waals surface area (Å²) in [5.41, 5.74) is 9.52. The molecule has 3 nitrogen and oxygen atoms in total. The first kappa shape index (κ1) is 16.1. The molecule has 28 heavy (non-hydrogen) atoms. The lowest BCUT2D eigenvalue weighted by molar-refractivity contribution is 0.313. The molecule has 4 aromatic rings. The summed E-state index contributed by atoms with van der Waals surface area (Å²) in [5, 5.41) is 1.43. The van der Waals surface area contributed by atoms with E-state index in [1.165, 1.54) is 64.0 Å². The Morgan fingerprint density at radius 3 is 2.75 bits per heavy atom. The maximum Gasteiger partial charge on any atom is 0.0537 e. The molecule has 0 saturated carbocycles. The highest BCUT2D eigenvalue weighted by molar-refractivity contribution is 5.90. The lowest BCUT2D eigenvalue weighted by Crippen LogP contribution is -2.25. The van der Waals surface area contributed by atoms with Crippen molar-refractivity contribution in [2.45, 2.75) is 25.8 Å². The van der Waals surface area contributed by atoms with Gasteiger partial charge in [0.05, 0.1) is 11.2 Å². The number of benzene rings is 2. The van der Waals surface area contributed by atoms with Crippen LogP contribution in [-0.4, -0.2) is 27.5 Å². The van der Waals surface area contributed by atoms with Gasteiger partial charge < -0.3 is 4.57 Å². The Morgan fingerprint density at radius 1 is 1.00 bits per heavy atom. The van der Waals surface area contributed by atoms with E-state index in [1.54, 1.807) is 0 Å². The number of pyridine rings is 1. The number of fused-ring (bicyclic) bond motifs is 6. The van der Waals surface area contributed by atoms with Crippen LogP contribution in [0.25, 0.3) is 27.7 Å². The second-order valence-corrected chi connectivity index (χ2v) is 8.19. The number of hydrogen-bond acceptors (Lipinski definition) is 2. The average molecular weight is 365 g/mol. The van der Waals surface area contributed by atoms with E-state index in [2.05, 4.69) is 76.0 Å². The molecule has 0 aliphatic carbocycles. The molecule has 2 aromatic carbocycles. The third-order valence-corrected chi connectivity index (χ3v) is 6.45. The van der Waals surface area contributed by atoms with Gasteiger partial charge in [0.1, 0.15) is 0 Å². The molecule has 1 fully saturated rings. The van der Waals surface area contributed by atoms with Gasteiger partial charge in [-0.3, -0.25) is 9.88 Å². The molecule has 0 amide bonds. The second kappa shape index (κ2) is 6.05. The summed E-state index contributed by atoms with van der Waals surface area (Å²) >= 11 is 0. The molecule has 2 atom stereocenters. The molecule has 0 N–H and O–H groups in total. The summed E-state index contributed by atoms with van der Waals surface area (Å²) in [6, 6.07) is 20.0. The van der Waals surface area contributed by atoms with Crippen LogP contribution in [0.5, 0.6) is 0 Å². The minimum absolute atomic E-state index is 0.627. The largest absolute Gasteiger partial charge is 0.312 e. The van der Waals surface area contributed by atoms with Gasteiger partial charge in [-0.2, -0.15) is 0 Å². The van der Waals surface area contributed by atoms with Crippen molar-refractivity contribution in [3.63, 3.8) is 0 Å². The highest BCUT2D eigenvalue weighted by Crippen LogP contribution is 2.44. The lowest BCUT2D eigenvalue weighted by atomic mass is 9.96. The molecule has 0 spiro atoms. The molecule has 6 rings (SSSR count). The number of hydrogen-bond donors (Lipinski definition) is 0. The van der Waals surface area contributed by atoms with Crippen LogP contribution in [0.4, 0.5) is 0 Å². The molecule has 4 heterocycles. The van der Waals surface area contributed by atoms with Crippen LogP contribution in [-0.2, 0) is 6.54 Å². The minimum atomic E-state index is 0.627. The van der Waals surface area contributed by atoms with Crippen LogP contribution in [0.2, 0.25) is 0 Å². The standard InChI is InChI=1S/C25H23N3/c1-17-6-7-24-21(14-17)22-16-27-13-10-19(15-27)25(22)28(24)23-5-3-2-4-20(23)18-8-11-26-12-9-18/h2-9,11-12,14,19H,10,13,15-16H2,1H3. The Labute approximate surface area is 165 Å². The fourth-order valence-corrected chi connectivity index (χ4v) is 5.21. The first-order valence-electron chi connectivity index (χ1n) is 10.2. The van der Waals surface area contributed by atoms with E-state index in [1.807, 2.05) is 12.4 Å². The SMILES string of the molecule is Cc1ccc2c(c1)c1c(n2-c2ccccc2-c2ccncc2)C2CCN(C1)C2. The molecule has 3 heteroatoms. The summed E-state index contributed by atoms with van der Waals surface area (Å²) in [4.78, 5) is 6.83. The van der Waals surface area contributed by atoms with E-state index in [9.17, 15) is 0 Å². The van der Waals surface area contributed by atoms with Crippen molar-refractivity contribution >= 4 is 10.9 Å². The zero-order valence-corrected chi connectivity index (χ0v) is 16.1. The van der Waals surface area contributed by atoms with E-state index in [0.29, 0.717) is 5.92 Å². The number of nitrogens with zero attached hydrogens (tertiary/aromatic N) is 3. The maximum absolute atomic E-state index is 4.21. The van der Waals surface area contributed by atoms with Crippen molar-refractivity contribution in [1.82, 2.24) is 14.5 Å². The molecule has 2 aromatic heterocycles. The smallest absolute Gasteiger partial charge is 0.0537 e. The average Bonchev–Trinajstić information content (AvgIpc) is 3.28. The first-order chi connectivity index (χ1) is 13.8. The number of rotatable bonds is 2. The molecular formula is C25H23N3. The maximum atomic E-state index is 4.21. The number of aryl methyl sites for hydroxylation is 1. The van der Waals surface area contributed by atoms with Crippen molar-refractivity contribution in [2.24, 2.45) is 0 Å². The van der Waals surface area contributed by atoms with Gasteiger partial charge in [0.15, 0.2) is 0 Å². The van der Waals surface area contributed by atoms with Gasteiger partial charge in [-0.25, -0.2) is 0 Å². The van der Waals surface area contributed by atoms with E-state index in [4.69, 9.17) is 0 Å². The van der Waals surface area contributed by atoms with Gasteiger partial charge in [-0.1, -0.05) is 29.8 Å². The molecule has 2 aliphatic heterocycles. The van der Waals surface area contributed by atoms with Crippen molar-refractivity contribution in [1.29, 1.82) is 0 Å². The summed E-state index contributed by atoms with van der Waals surface area (Å²) in [6.07, 6.45) is 5.03. The Hall–Kier alpha value is -2.91. The first-order valence-corrected chi connectivity index (χ1v) is 10.2. The predicted molar refractivity (Wildman–Crippen MR) is 114 cm³/mol. The molecular weight excluding hydrogens is 342 g/mol. The summed E-state index contributed by atoms with van der Waals surface area (Å²) in [5.74, 6) is 0.627. The van der Waals surface area contributed by atoms with E-state index >= 15 is 0 Å². The zero-order valence-electron chi connectivity index (χ0n) is 16.1. The van der Waals surface area contributed by atoms with E-state index in [0.717, 1.165) is 6.54 Å². The topological polar surface area (TPSA) is 21.1 Å². The number of para-hydroxylation sites is 1. The highest BCUT2D eigenvalue weighted by Gasteiger charge is 2.36.